The molecule has 3 N–H and O–H groups in total. The highest BCUT2D eigenvalue weighted by Crippen LogP contribution is 2.20. The van der Waals surface area contributed by atoms with Crippen LogP contribution in [0.25, 0.3) is 0 Å². The second-order valence-electron chi connectivity index (χ2n) is 3.72. The van der Waals surface area contributed by atoms with Gasteiger partial charge in [-0.3, -0.25) is 0 Å². The number of nitrogens with two attached hydrogens (primary N) is 1. The van der Waals surface area contributed by atoms with Crippen molar-refractivity contribution < 1.29 is 9.53 Å². The second kappa shape index (κ2) is 5.92. The number of rotatable bonds is 4. The molecule has 6 nitrogen and oxygen atoms in total. The maximum Gasteiger partial charge on any atom is 0.339 e. The molecule has 0 atom stereocenters. The SMILES string of the molecule is COC(=O)c1ccccc1Nc1ccnc(CN)n1. The van der Waals surface area contributed by atoms with E-state index < -0.39 is 5.97 Å². The lowest BCUT2D eigenvalue weighted by Crippen LogP contribution is -2.08. The molecule has 1 aromatic heterocycles. The topological polar surface area (TPSA) is 90.1 Å². The van der Waals surface area contributed by atoms with Gasteiger partial charge in [-0.15, -0.1) is 0 Å². The summed E-state index contributed by atoms with van der Waals surface area (Å²) in [5.74, 6) is 0.698. The number of carbonyl (C=O) groups excluding carboxylic acids is 1. The van der Waals surface area contributed by atoms with Crippen LogP contribution in [-0.4, -0.2) is 23.0 Å². The number of nitrogens with zero attached hydrogens (tertiary/aromatic N) is 2. The van der Waals surface area contributed by atoms with Crippen LogP contribution in [0.3, 0.4) is 0 Å². The molecule has 98 valence electrons. The molecule has 0 fully saturated rings. The Morgan fingerprint density at radius 2 is 2.16 bits per heavy atom. The number of hydrogen-bond acceptors (Lipinski definition) is 6. The van der Waals surface area contributed by atoms with Crippen LogP contribution in [0.2, 0.25) is 0 Å². The van der Waals surface area contributed by atoms with E-state index in [1.807, 2.05) is 6.07 Å². The predicted molar refractivity (Wildman–Crippen MR) is 71.0 cm³/mol. The number of anilines is 2. The summed E-state index contributed by atoms with van der Waals surface area (Å²) >= 11 is 0. The van der Waals surface area contributed by atoms with E-state index in [0.717, 1.165) is 0 Å². The van der Waals surface area contributed by atoms with Crippen molar-refractivity contribution in [2.75, 3.05) is 12.4 Å². The van der Waals surface area contributed by atoms with Crippen molar-refractivity contribution in [3.05, 3.63) is 47.9 Å². The summed E-state index contributed by atoms with van der Waals surface area (Å²) in [6, 6.07) is 8.74. The monoisotopic (exact) mass is 258 g/mol. The molecule has 0 radical (unpaired) electrons. The Morgan fingerprint density at radius 1 is 1.37 bits per heavy atom. The van der Waals surface area contributed by atoms with Crippen LogP contribution in [-0.2, 0) is 11.3 Å². The summed E-state index contributed by atoms with van der Waals surface area (Å²) in [6.45, 7) is 0.258. The van der Waals surface area contributed by atoms with Gasteiger partial charge in [0.1, 0.15) is 11.6 Å². The van der Waals surface area contributed by atoms with Gasteiger partial charge >= 0.3 is 5.97 Å². The molecule has 0 saturated carbocycles. The van der Waals surface area contributed by atoms with Gasteiger partial charge in [0.15, 0.2) is 0 Å². The molecule has 0 spiro atoms. The lowest BCUT2D eigenvalue weighted by atomic mass is 10.2. The van der Waals surface area contributed by atoms with Gasteiger partial charge in [0, 0.05) is 6.20 Å². The Labute approximate surface area is 110 Å². The van der Waals surface area contributed by atoms with Crippen LogP contribution in [0.15, 0.2) is 36.5 Å². The van der Waals surface area contributed by atoms with Crippen molar-refractivity contribution in [2.45, 2.75) is 6.54 Å². The number of benzene rings is 1. The molecular weight excluding hydrogens is 244 g/mol. The van der Waals surface area contributed by atoms with Crippen LogP contribution in [0.4, 0.5) is 11.5 Å². The minimum Gasteiger partial charge on any atom is -0.465 e. The molecule has 1 aromatic carbocycles. The van der Waals surface area contributed by atoms with Gasteiger partial charge in [-0.1, -0.05) is 12.1 Å². The standard InChI is InChI=1S/C13H14N4O2/c1-19-13(18)9-4-2-3-5-10(9)16-11-6-7-15-12(8-14)17-11/h2-7H,8,14H2,1H3,(H,15,16,17). The summed E-state index contributed by atoms with van der Waals surface area (Å²) in [4.78, 5) is 19.9. The van der Waals surface area contributed by atoms with Crippen LogP contribution >= 0.6 is 0 Å². The number of hydrogen-bond donors (Lipinski definition) is 2. The molecule has 6 heteroatoms. The fourth-order valence-corrected chi connectivity index (χ4v) is 1.59. The Kier molecular flexibility index (Phi) is 4.04. The number of ether oxygens (including phenoxy) is 1. The lowest BCUT2D eigenvalue weighted by molar-refractivity contribution is 0.0602. The molecule has 2 rings (SSSR count). The first-order valence-corrected chi connectivity index (χ1v) is 5.71. The zero-order chi connectivity index (χ0) is 13.7. The van der Waals surface area contributed by atoms with Crippen LogP contribution in [0, 0.1) is 0 Å². The maximum absolute atomic E-state index is 11.6. The summed E-state index contributed by atoms with van der Waals surface area (Å²) in [6.07, 6.45) is 1.61. The number of methoxy groups -OCH3 is 1. The van der Waals surface area contributed by atoms with Crippen molar-refractivity contribution in [1.82, 2.24) is 9.97 Å². The van der Waals surface area contributed by atoms with Gasteiger partial charge in [-0.05, 0) is 18.2 Å². The number of aromatic nitrogens is 2. The molecular formula is C13H14N4O2. The van der Waals surface area contributed by atoms with E-state index in [1.165, 1.54) is 7.11 Å². The molecule has 0 saturated heterocycles. The van der Waals surface area contributed by atoms with E-state index >= 15 is 0 Å². The highest BCUT2D eigenvalue weighted by atomic mass is 16.5. The Hall–Kier alpha value is -2.47. The number of esters is 1. The van der Waals surface area contributed by atoms with Crippen LogP contribution < -0.4 is 11.1 Å². The van der Waals surface area contributed by atoms with E-state index in [9.17, 15) is 4.79 Å². The largest absolute Gasteiger partial charge is 0.465 e. The van der Waals surface area contributed by atoms with Gasteiger partial charge < -0.3 is 15.8 Å². The molecule has 1 heterocycles. The molecule has 0 amide bonds. The molecule has 19 heavy (non-hydrogen) atoms. The van der Waals surface area contributed by atoms with Crippen LogP contribution in [0.5, 0.6) is 0 Å². The number of nitrogens with one attached hydrogen (secondary N) is 1. The molecule has 0 aliphatic heterocycles. The summed E-state index contributed by atoms with van der Waals surface area (Å²) in [5.41, 5.74) is 6.55. The lowest BCUT2D eigenvalue weighted by Gasteiger charge is -2.10. The number of carbonyl (C=O) groups is 1. The third kappa shape index (κ3) is 3.05. The van der Waals surface area contributed by atoms with Crippen molar-refractivity contribution in [2.24, 2.45) is 5.73 Å². The fourth-order valence-electron chi connectivity index (χ4n) is 1.59. The normalized spacial score (nSPS) is 10.0. The summed E-state index contributed by atoms with van der Waals surface area (Å²) in [7, 11) is 1.34. The average molecular weight is 258 g/mol. The molecule has 2 aromatic rings. The van der Waals surface area contributed by atoms with Gasteiger partial charge in [-0.2, -0.15) is 0 Å². The van der Waals surface area contributed by atoms with E-state index in [2.05, 4.69) is 15.3 Å². The Bertz CT molecular complexity index is 586. The zero-order valence-corrected chi connectivity index (χ0v) is 10.5. The summed E-state index contributed by atoms with van der Waals surface area (Å²) in [5, 5.41) is 3.05. The van der Waals surface area contributed by atoms with E-state index in [4.69, 9.17) is 10.5 Å². The minimum atomic E-state index is -0.406. The molecule has 0 aliphatic rings. The van der Waals surface area contributed by atoms with Gasteiger partial charge in [0.2, 0.25) is 0 Å². The molecule has 0 bridgehead atoms. The second-order valence-corrected chi connectivity index (χ2v) is 3.72. The van der Waals surface area contributed by atoms with Crippen molar-refractivity contribution in [3.8, 4) is 0 Å². The number of para-hydroxylation sites is 1. The highest BCUT2D eigenvalue weighted by molar-refractivity contribution is 5.96. The summed E-state index contributed by atoms with van der Waals surface area (Å²) < 4.78 is 4.73. The smallest absolute Gasteiger partial charge is 0.339 e. The Balaban J connectivity index is 2.30. The highest BCUT2D eigenvalue weighted by Gasteiger charge is 2.11. The van der Waals surface area contributed by atoms with Gasteiger partial charge in [-0.25, -0.2) is 14.8 Å². The minimum absolute atomic E-state index is 0.258. The van der Waals surface area contributed by atoms with Crippen molar-refractivity contribution >= 4 is 17.5 Å². The maximum atomic E-state index is 11.6. The average Bonchev–Trinajstić information content (AvgIpc) is 2.47. The zero-order valence-electron chi connectivity index (χ0n) is 10.5. The predicted octanol–water partition coefficient (Wildman–Crippen LogP) is 1.47. The van der Waals surface area contributed by atoms with Crippen molar-refractivity contribution in [3.63, 3.8) is 0 Å². The first-order chi connectivity index (χ1) is 9.24. The third-order valence-corrected chi connectivity index (χ3v) is 2.48. The Morgan fingerprint density at radius 3 is 2.89 bits per heavy atom. The van der Waals surface area contributed by atoms with E-state index in [1.54, 1.807) is 30.5 Å². The third-order valence-electron chi connectivity index (χ3n) is 2.48. The van der Waals surface area contributed by atoms with E-state index in [-0.39, 0.29) is 6.54 Å². The molecule has 0 aliphatic carbocycles. The molecule has 0 unspecified atom stereocenters. The van der Waals surface area contributed by atoms with Crippen LogP contribution in [0.1, 0.15) is 16.2 Å². The van der Waals surface area contributed by atoms with Crippen molar-refractivity contribution in [1.29, 1.82) is 0 Å². The van der Waals surface area contributed by atoms with Gasteiger partial charge in [0.05, 0.1) is 24.9 Å². The first-order valence-electron chi connectivity index (χ1n) is 5.71. The van der Waals surface area contributed by atoms with Gasteiger partial charge in [0.25, 0.3) is 0 Å². The van der Waals surface area contributed by atoms with E-state index in [0.29, 0.717) is 22.9 Å². The first kappa shape index (κ1) is 13.0. The fraction of sp³-hybridized carbons (Fsp3) is 0.154. The quantitative estimate of drug-likeness (QED) is 0.807.